The minimum absolute atomic E-state index is 0.458. The molecule has 0 saturated heterocycles. The zero-order chi connectivity index (χ0) is 12.2. The molecule has 2 aromatic rings. The number of aromatic nitrogens is 1. The molecule has 0 radical (unpaired) electrons. The molecule has 1 heteroatoms. The van der Waals surface area contributed by atoms with Gasteiger partial charge in [0.1, 0.15) is 0 Å². The van der Waals surface area contributed by atoms with E-state index in [0.29, 0.717) is 5.41 Å². The van der Waals surface area contributed by atoms with Crippen LogP contribution in [0.3, 0.4) is 0 Å². The molecule has 0 atom stereocenters. The number of fused-ring (bicyclic) bond motifs is 3. The highest BCUT2D eigenvalue weighted by atomic mass is 14.7. The summed E-state index contributed by atoms with van der Waals surface area (Å²) in [6, 6.07) is 4.62. The van der Waals surface area contributed by atoms with Gasteiger partial charge in [-0.3, -0.25) is 0 Å². The number of nitrogens with one attached hydrogen (secondary N) is 1. The second-order valence-corrected chi connectivity index (χ2v) is 6.43. The number of H-pyrrole nitrogens is 1. The number of benzene rings is 1. The Morgan fingerprint density at radius 1 is 1.18 bits per heavy atom. The lowest BCUT2D eigenvalue weighted by Gasteiger charge is -2.29. The maximum Gasteiger partial charge on any atom is 0.0488 e. The van der Waals surface area contributed by atoms with Crippen molar-refractivity contribution in [3.8, 4) is 0 Å². The van der Waals surface area contributed by atoms with E-state index in [-0.39, 0.29) is 0 Å². The van der Waals surface area contributed by atoms with Gasteiger partial charge < -0.3 is 4.98 Å². The summed E-state index contributed by atoms with van der Waals surface area (Å²) in [5.41, 5.74) is 7.63. The van der Waals surface area contributed by atoms with E-state index in [4.69, 9.17) is 0 Å². The molecule has 1 aliphatic carbocycles. The molecule has 0 unspecified atom stereocenters. The molecule has 0 aliphatic heterocycles. The van der Waals surface area contributed by atoms with E-state index in [2.05, 4.69) is 44.8 Å². The number of hydrogen-bond acceptors (Lipinski definition) is 0. The van der Waals surface area contributed by atoms with Crippen LogP contribution in [0.4, 0.5) is 0 Å². The average molecular weight is 227 g/mol. The molecular formula is C16H21N. The van der Waals surface area contributed by atoms with Gasteiger partial charge in [-0.1, -0.05) is 25.5 Å². The molecule has 1 aliphatic rings. The Bertz CT molecular complexity index is 587. The first kappa shape index (κ1) is 10.9. The van der Waals surface area contributed by atoms with Gasteiger partial charge in [0, 0.05) is 16.6 Å². The van der Waals surface area contributed by atoms with Crippen LogP contribution in [0.1, 0.15) is 42.7 Å². The fourth-order valence-corrected chi connectivity index (χ4v) is 3.21. The second-order valence-electron chi connectivity index (χ2n) is 6.43. The normalized spacial score (nSPS) is 18.4. The average Bonchev–Trinajstić information content (AvgIpc) is 2.55. The van der Waals surface area contributed by atoms with E-state index in [1.165, 1.54) is 47.0 Å². The second kappa shape index (κ2) is 3.38. The molecule has 0 amide bonds. The van der Waals surface area contributed by atoms with Crippen molar-refractivity contribution in [2.75, 3.05) is 0 Å². The van der Waals surface area contributed by atoms with Crippen LogP contribution in [0.25, 0.3) is 10.9 Å². The molecule has 1 aromatic carbocycles. The summed E-state index contributed by atoms with van der Waals surface area (Å²) in [5.74, 6) is 0. The van der Waals surface area contributed by atoms with Gasteiger partial charge >= 0.3 is 0 Å². The topological polar surface area (TPSA) is 15.8 Å². The third-order valence-electron chi connectivity index (χ3n) is 4.15. The van der Waals surface area contributed by atoms with Gasteiger partial charge in [0.05, 0.1) is 0 Å². The van der Waals surface area contributed by atoms with E-state index in [9.17, 15) is 0 Å². The summed E-state index contributed by atoms with van der Waals surface area (Å²) in [6.07, 6.45) is 3.71. The summed E-state index contributed by atoms with van der Waals surface area (Å²) < 4.78 is 0. The van der Waals surface area contributed by atoms with Gasteiger partial charge in [-0.15, -0.1) is 0 Å². The molecule has 17 heavy (non-hydrogen) atoms. The molecule has 1 aromatic heterocycles. The largest absolute Gasteiger partial charge is 0.358 e. The maximum atomic E-state index is 3.65. The van der Waals surface area contributed by atoms with Crippen LogP contribution in [-0.4, -0.2) is 4.98 Å². The third-order valence-corrected chi connectivity index (χ3v) is 4.15. The summed E-state index contributed by atoms with van der Waals surface area (Å²) in [7, 11) is 0. The molecular weight excluding hydrogens is 206 g/mol. The lowest BCUT2D eigenvalue weighted by molar-refractivity contribution is 0.315. The highest BCUT2D eigenvalue weighted by Gasteiger charge is 2.28. The fraction of sp³-hybridized carbons (Fsp3) is 0.500. The van der Waals surface area contributed by atoms with E-state index < -0.39 is 0 Å². The van der Waals surface area contributed by atoms with E-state index in [1.807, 2.05) is 0 Å². The van der Waals surface area contributed by atoms with Crippen molar-refractivity contribution in [1.82, 2.24) is 4.98 Å². The SMILES string of the molecule is Cc1cc(C)c2[nH]c3c(c2c1)CC(C)(C)CC3. The Kier molecular flexibility index (Phi) is 2.16. The Hall–Kier alpha value is -1.24. The summed E-state index contributed by atoms with van der Waals surface area (Å²) in [6.45, 7) is 9.18. The zero-order valence-electron chi connectivity index (χ0n) is 11.3. The van der Waals surface area contributed by atoms with Crippen LogP contribution in [0.15, 0.2) is 12.1 Å². The molecule has 0 saturated carbocycles. The molecule has 1 nitrogen and oxygen atoms in total. The Labute approximate surface area is 103 Å². The predicted octanol–water partition coefficient (Wildman–Crippen LogP) is 4.30. The van der Waals surface area contributed by atoms with Crippen molar-refractivity contribution in [3.63, 3.8) is 0 Å². The Balaban J connectivity index is 2.28. The van der Waals surface area contributed by atoms with Gasteiger partial charge in [-0.05, 0) is 55.7 Å². The highest BCUT2D eigenvalue weighted by Crippen LogP contribution is 2.39. The summed E-state index contributed by atoms with van der Waals surface area (Å²) >= 11 is 0. The molecule has 0 bridgehead atoms. The molecule has 0 fully saturated rings. The fourth-order valence-electron chi connectivity index (χ4n) is 3.21. The van der Waals surface area contributed by atoms with Gasteiger partial charge in [-0.25, -0.2) is 0 Å². The lowest BCUT2D eigenvalue weighted by atomic mass is 9.76. The predicted molar refractivity (Wildman–Crippen MR) is 73.6 cm³/mol. The van der Waals surface area contributed by atoms with Crippen LogP contribution in [0.5, 0.6) is 0 Å². The lowest BCUT2D eigenvalue weighted by Crippen LogP contribution is -2.21. The van der Waals surface area contributed by atoms with Crippen LogP contribution in [0, 0.1) is 19.3 Å². The van der Waals surface area contributed by atoms with E-state index >= 15 is 0 Å². The van der Waals surface area contributed by atoms with Crippen molar-refractivity contribution in [2.24, 2.45) is 5.41 Å². The minimum atomic E-state index is 0.458. The first-order valence-electron chi connectivity index (χ1n) is 6.57. The number of aryl methyl sites for hydroxylation is 3. The molecule has 0 spiro atoms. The van der Waals surface area contributed by atoms with Crippen LogP contribution in [0.2, 0.25) is 0 Å². The van der Waals surface area contributed by atoms with Crippen molar-refractivity contribution in [3.05, 3.63) is 34.5 Å². The maximum absolute atomic E-state index is 3.65. The zero-order valence-corrected chi connectivity index (χ0v) is 11.3. The summed E-state index contributed by atoms with van der Waals surface area (Å²) in [5, 5.41) is 1.46. The van der Waals surface area contributed by atoms with Gasteiger partial charge in [0.15, 0.2) is 0 Å². The molecule has 3 rings (SSSR count). The number of rotatable bonds is 0. The Morgan fingerprint density at radius 2 is 1.94 bits per heavy atom. The standard InChI is InChI=1S/C16H21N/c1-10-7-11(2)15-12(8-10)13-9-16(3,4)6-5-14(13)17-15/h7-8,17H,5-6,9H2,1-4H3. The molecule has 1 heterocycles. The number of hydrogen-bond donors (Lipinski definition) is 1. The van der Waals surface area contributed by atoms with Gasteiger partial charge in [0.25, 0.3) is 0 Å². The van der Waals surface area contributed by atoms with Gasteiger partial charge in [0.2, 0.25) is 0 Å². The van der Waals surface area contributed by atoms with Crippen LogP contribution in [-0.2, 0) is 12.8 Å². The van der Waals surface area contributed by atoms with Crippen molar-refractivity contribution < 1.29 is 0 Å². The van der Waals surface area contributed by atoms with Crippen LogP contribution >= 0.6 is 0 Å². The van der Waals surface area contributed by atoms with Crippen molar-refractivity contribution >= 4 is 10.9 Å². The van der Waals surface area contributed by atoms with Crippen molar-refractivity contribution in [1.29, 1.82) is 0 Å². The van der Waals surface area contributed by atoms with Gasteiger partial charge in [-0.2, -0.15) is 0 Å². The van der Waals surface area contributed by atoms with Crippen LogP contribution < -0.4 is 0 Å². The monoisotopic (exact) mass is 227 g/mol. The van der Waals surface area contributed by atoms with E-state index in [1.54, 1.807) is 5.56 Å². The number of aromatic amines is 1. The third kappa shape index (κ3) is 1.69. The summed E-state index contributed by atoms with van der Waals surface area (Å²) in [4.78, 5) is 3.65. The molecule has 90 valence electrons. The quantitative estimate of drug-likeness (QED) is 0.690. The molecule has 1 N–H and O–H groups in total. The van der Waals surface area contributed by atoms with E-state index in [0.717, 1.165) is 0 Å². The smallest absolute Gasteiger partial charge is 0.0488 e. The first-order valence-corrected chi connectivity index (χ1v) is 6.57. The highest BCUT2D eigenvalue weighted by molar-refractivity contribution is 5.88. The Morgan fingerprint density at radius 3 is 2.71 bits per heavy atom. The first-order chi connectivity index (χ1) is 7.96. The minimum Gasteiger partial charge on any atom is -0.358 e. The van der Waals surface area contributed by atoms with Crippen molar-refractivity contribution in [2.45, 2.75) is 47.0 Å².